The van der Waals surface area contributed by atoms with Gasteiger partial charge in [0.25, 0.3) is 0 Å². The van der Waals surface area contributed by atoms with Gasteiger partial charge in [-0.25, -0.2) is 0 Å². The standard InChI is InChI=1S/C20H25N7O/c1-3-26-6-8-27(9-7-26)14-20(28)22-19-11-16-10-15(4-5-18(16)23-24-19)17-12-21-25(2)13-17/h4-5,10-13H,3,6-9,14H2,1-2H3,(H,22,24,28). The van der Waals surface area contributed by atoms with Gasteiger partial charge in [0.2, 0.25) is 5.91 Å². The Labute approximate surface area is 164 Å². The largest absolute Gasteiger partial charge is 0.308 e. The van der Waals surface area contributed by atoms with Gasteiger partial charge >= 0.3 is 0 Å². The predicted octanol–water partition coefficient (Wildman–Crippen LogP) is 1.61. The Morgan fingerprint density at radius 2 is 1.86 bits per heavy atom. The molecule has 0 bridgehead atoms. The molecular formula is C20H25N7O. The van der Waals surface area contributed by atoms with E-state index in [4.69, 9.17) is 0 Å². The van der Waals surface area contributed by atoms with E-state index >= 15 is 0 Å². The molecule has 1 aromatic carbocycles. The average molecular weight is 379 g/mol. The Bertz CT molecular complexity index is 976. The Morgan fingerprint density at radius 3 is 2.57 bits per heavy atom. The first-order chi connectivity index (χ1) is 13.6. The Kier molecular flexibility index (Phi) is 5.31. The van der Waals surface area contributed by atoms with Crippen LogP contribution in [0.3, 0.4) is 0 Å². The Morgan fingerprint density at radius 1 is 1.07 bits per heavy atom. The van der Waals surface area contributed by atoms with Crippen LogP contribution in [-0.4, -0.2) is 75.0 Å². The normalized spacial score (nSPS) is 15.8. The first-order valence-electron chi connectivity index (χ1n) is 9.62. The number of hydrogen-bond donors (Lipinski definition) is 1. The summed E-state index contributed by atoms with van der Waals surface area (Å²) in [7, 11) is 1.89. The minimum Gasteiger partial charge on any atom is -0.308 e. The van der Waals surface area contributed by atoms with E-state index in [0.29, 0.717) is 12.4 Å². The van der Waals surface area contributed by atoms with Crippen molar-refractivity contribution in [1.82, 2.24) is 29.8 Å². The summed E-state index contributed by atoms with van der Waals surface area (Å²) in [6, 6.07) is 7.85. The molecule has 1 N–H and O–H groups in total. The number of hydrogen-bond acceptors (Lipinski definition) is 6. The van der Waals surface area contributed by atoms with E-state index in [-0.39, 0.29) is 5.91 Å². The van der Waals surface area contributed by atoms with E-state index in [0.717, 1.165) is 54.8 Å². The van der Waals surface area contributed by atoms with E-state index in [9.17, 15) is 4.79 Å². The molecule has 8 nitrogen and oxygen atoms in total. The second kappa shape index (κ2) is 8.04. The number of carbonyl (C=O) groups is 1. The number of benzene rings is 1. The zero-order chi connectivity index (χ0) is 19.5. The molecule has 3 aromatic rings. The summed E-state index contributed by atoms with van der Waals surface area (Å²) in [6.45, 7) is 7.47. The van der Waals surface area contributed by atoms with Crippen LogP contribution < -0.4 is 5.32 Å². The molecule has 0 radical (unpaired) electrons. The number of amides is 1. The van der Waals surface area contributed by atoms with Crippen LogP contribution in [-0.2, 0) is 11.8 Å². The minimum atomic E-state index is -0.0537. The first-order valence-corrected chi connectivity index (χ1v) is 9.62. The highest BCUT2D eigenvalue weighted by molar-refractivity contribution is 5.93. The summed E-state index contributed by atoms with van der Waals surface area (Å²) in [5.41, 5.74) is 2.89. The minimum absolute atomic E-state index is 0.0537. The van der Waals surface area contributed by atoms with Crippen LogP contribution in [0.4, 0.5) is 5.82 Å². The number of fused-ring (bicyclic) bond motifs is 1. The number of piperazine rings is 1. The highest BCUT2D eigenvalue weighted by Crippen LogP contribution is 2.24. The summed E-state index contributed by atoms with van der Waals surface area (Å²) in [4.78, 5) is 17.0. The molecule has 0 unspecified atom stereocenters. The Balaban J connectivity index is 1.44. The molecule has 4 rings (SSSR count). The molecule has 146 valence electrons. The number of aryl methyl sites for hydroxylation is 1. The van der Waals surface area contributed by atoms with Crippen LogP contribution >= 0.6 is 0 Å². The number of rotatable bonds is 5. The Hall–Kier alpha value is -2.84. The van der Waals surface area contributed by atoms with E-state index in [1.807, 2.05) is 43.7 Å². The van der Waals surface area contributed by atoms with Crippen LogP contribution in [0.15, 0.2) is 36.7 Å². The molecule has 1 fully saturated rings. The van der Waals surface area contributed by atoms with Gasteiger partial charge in [0, 0.05) is 50.4 Å². The highest BCUT2D eigenvalue weighted by atomic mass is 16.2. The van der Waals surface area contributed by atoms with Crippen molar-refractivity contribution in [3.8, 4) is 11.1 Å². The maximum atomic E-state index is 12.4. The quantitative estimate of drug-likeness (QED) is 0.726. The molecule has 28 heavy (non-hydrogen) atoms. The SMILES string of the molecule is CCN1CCN(CC(=O)Nc2cc3cc(-c4cnn(C)c4)ccc3nn2)CC1. The van der Waals surface area contributed by atoms with E-state index < -0.39 is 0 Å². The molecule has 1 amide bonds. The van der Waals surface area contributed by atoms with Crippen LogP contribution in [0.25, 0.3) is 22.0 Å². The van der Waals surface area contributed by atoms with Crippen LogP contribution in [0, 0.1) is 0 Å². The second-order valence-electron chi connectivity index (χ2n) is 7.16. The fourth-order valence-electron chi connectivity index (χ4n) is 3.51. The average Bonchev–Trinajstić information content (AvgIpc) is 3.14. The molecule has 3 heterocycles. The lowest BCUT2D eigenvalue weighted by molar-refractivity contribution is -0.117. The number of nitrogens with one attached hydrogen (secondary N) is 1. The van der Waals surface area contributed by atoms with Gasteiger partial charge in [0.15, 0.2) is 5.82 Å². The summed E-state index contributed by atoms with van der Waals surface area (Å²) >= 11 is 0. The van der Waals surface area contributed by atoms with Gasteiger partial charge in [0.1, 0.15) is 0 Å². The van der Waals surface area contributed by atoms with Crippen LogP contribution in [0.1, 0.15) is 6.92 Å². The van der Waals surface area contributed by atoms with Crippen molar-refractivity contribution in [2.45, 2.75) is 6.92 Å². The predicted molar refractivity (Wildman–Crippen MR) is 109 cm³/mol. The number of anilines is 1. The van der Waals surface area contributed by atoms with Gasteiger partial charge in [-0.05, 0) is 30.3 Å². The van der Waals surface area contributed by atoms with Crippen molar-refractivity contribution >= 4 is 22.6 Å². The third-order valence-electron chi connectivity index (χ3n) is 5.17. The maximum absolute atomic E-state index is 12.4. The topological polar surface area (TPSA) is 79.2 Å². The van der Waals surface area contributed by atoms with Crippen LogP contribution in [0.5, 0.6) is 0 Å². The van der Waals surface area contributed by atoms with E-state index in [1.54, 1.807) is 4.68 Å². The maximum Gasteiger partial charge on any atom is 0.239 e. The molecule has 1 aliphatic rings. The third-order valence-corrected chi connectivity index (χ3v) is 5.17. The summed E-state index contributed by atoms with van der Waals surface area (Å²) in [5.74, 6) is 0.426. The van der Waals surface area contributed by atoms with Gasteiger partial charge in [-0.15, -0.1) is 10.2 Å². The summed E-state index contributed by atoms with van der Waals surface area (Å²) < 4.78 is 1.77. The zero-order valence-electron chi connectivity index (χ0n) is 16.3. The molecule has 0 spiro atoms. The van der Waals surface area contributed by atoms with Gasteiger partial charge in [-0.3, -0.25) is 14.4 Å². The lowest BCUT2D eigenvalue weighted by Gasteiger charge is -2.33. The fourth-order valence-corrected chi connectivity index (χ4v) is 3.51. The molecular weight excluding hydrogens is 354 g/mol. The molecule has 0 aliphatic carbocycles. The fraction of sp³-hybridized carbons (Fsp3) is 0.400. The van der Waals surface area contributed by atoms with Gasteiger partial charge < -0.3 is 10.2 Å². The molecule has 0 atom stereocenters. The van der Waals surface area contributed by atoms with Gasteiger partial charge in [0.05, 0.1) is 18.3 Å². The van der Waals surface area contributed by atoms with Crippen molar-refractivity contribution in [2.75, 3.05) is 44.6 Å². The monoisotopic (exact) mass is 379 g/mol. The molecule has 8 heteroatoms. The summed E-state index contributed by atoms with van der Waals surface area (Å²) in [5, 5.41) is 16.4. The first kappa shape index (κ1) is 18.5. The van der Waals surface area contributed by atoms with Crippen molar-refractivity contribution < 1.29 is 4.79 Å². The summed E-state index contributed by atoms with van der Waals surface area (Å²) in [6.07, 6.45) is 3.80. The molecule has 1 aliphatic heterocycles. The van der Waals surface area contributed by atoms with Gasteiger partial charge in [-0.1, -0.05) is 13.0 Å². The molecule has 2 aromatic heterocycles. The van der Waals surface area contributed by atoms with E-state index in [2.05, 4.69) is 37.3 Å². The van der Waals surface area contributed by atoms with Crippen molar-refractivity contribution in [1.29, 1.82) is 0 Å². The highest BCUT2D eigenvalue weighted by Gasteiger charge is 2.18. The lowest BCUT2D eigenvalue weighted by atomic mass is 10.1. The van der Waals surface area contributed by atoms with Crippen molar-refractivity contribution in [3.05, 3.63) is 36.7 Å². The van der Waals surface area contributed by atoms with E-state index in [1.165, 1.54) is 0 Å². The van der Waals surface area contributed by atoms with Gasteiger partial charge in [-0.2, -0.15) is 5.10 Å². The molecule has 1 saturated heterocycles. The smallest absolute Gasteiger partial charge is 0.239 e. The number of carbonyl (C=O) groups excluding carboxylic acids is 1. The van der Waals surface area contributed by atoms with Crippen molar-refractivity contribution in [3.63, 3.8) is 0 Å². The lowest BCUT2D eigenvalue weighted by Crippen LogP contribution is -2.48. The molecule has 0 saturated carbocycles. The zero-order valence-corrected chi connectivity index (χ0v) is 16.3. The van der Waals surface area contributed by atoms with Crippen LogP contribution in [0.2, 0.25) is 0 Å². The third kappa shape index (κ3) is 4.18. The van der Waals surface area contributed by atoms with Crippen molar-refractivity contribution in [2.24, 2.45) is 7.05 Å². The number of likely N-dealkylation sites (N-methyl/N-ethyl adjacent to an activating group) is 1. The number of nitrogens with zero attached hydrogens (tertiary/aromatic N) is 6. The number of aromatic nitrogens is 4. The second-order valence-corrected chi connectivity index (χ2v) is 7.16.